The summed E-state index contributed by atoms with van der Waals surface area (Å²) in [6.45, 7) is 0. The summed E-state index contributed by atoms with van der Waals surface area (Å²) in [5.41, 5.74) is 36.2. The third kappa shape index (κ3) is 7.18. The van der Waals surface area contributed by atoms with Crippen LogP contribution in [0.2, 0.25) is 0 Å². The van der Waals surface area contributed by atoms with Crippen LogP contribution in [0.5, 0.6) is 0 Å². The van der Waals surface area contributed by atoms with E-state index >= 15 is 0 Å². The summed E-state index contributed by atoms with van der Waals surface area (Å²) < 4.78 is 0. The van der Waals surface area contributed by atoms with E-state index in [2.05, 4.69) is 252 Å². The van der Waals surface area contributed by atoms with E-state index in [9.17, 15) is 0 Å². The summed E-state index contributed by atoms with van der Waals surface area (Å²) in [4.78, 5) is 5.14. The number of hydrogen-bond donors (Lipinski definition) is 0. The van der Waals surface area contributed by atoms with Crippen molar-refractivity contribution in [2.45, 2.75) is 124 Å². The van der Waals surface area contributed by atoms with Gasteiger partial charge in [-0.15, -0.1) is 0 Å². The summed E-state index contributed by atoms with van der Waals surface area (Å²) >= 11 is 0. The van der Waals surface area contributed by atoms with Crippen molar-refractivity contribution in [3.63, 3.8) is 0 Å². The van der Waals surface area contributed by atoms with Crippen LogP contribution in [0.15, 0.2) is 243 Å². The largest absolute Gasteiger partial charge is 0.310 e. The van der Waals surface area contributed by atoms with Gasteiger partial charge in [-0.1, -0.05) is 221 Å². The molecular weight excluding hydrogens is 1060 g/mol. The van der Waals surface area contributed by atoms with Crippen LogP contribution in [0, 0.1) is 0 Å². The van der Waals surface area contributed by atoms with Crippen molar-refractivity contribution in [3.05, 3.63) is 287 Å². The Morgan fingerprint density at radius 3 is 0.614 bits per heavy atom. The molecule has 2 heteroatoms. The lowest BCUT2D eigenvalue weighted by Crippen LogP contribution is -2.22. The Bertz CT molecular complexity index is 4100. The molecule has 426 valence electrons. The third-order valence-corrected chi connectivity index (χ3v) is 23.7. The average molecular weight is 1130 g/mol. The second-order valence-corrected chi connectivity index (χ2v) is 27.6. The maximum Gasteiger partial charge on any atom is 0.0465 e. The maximum atomic E-state index is 2.58. The van der Waals surface area contributed by atoms with E-state index in [1.54, 1.807) is 0 Å². The number of fused-ring (bicyclic) bond motifs is 20. The molecule has 0 aliphatic heterocycles. The van der Waals surface area contributed by atoms with Crippen LogP contribution >= 0.6 is 0 Å². The molecule has 11 aromatic rings. The van der Waals surface area contributed by atoms with Crippen LogP contribution in [0.1, 0.15) is 147 Å². The van der Waals surface area contributed by atoms with Crippen molar-refractivity contribution in [1.82, 2.24) is 0 Å². The Labute approximate surface area is 519 Å². The molecule has 0 aromatic heterocycles. The molecule has 4 spiro atoms. The highest BCUT2D eigenvalue weighted by atomic mass is 15.1. The zero-order valence-corrected chi connectivity index (χ0v) is 50.3. The van der Waals surface area contributed by atoms with Crippen molar-refractivity contribution >= 4 is 34.1 Å². The van der Waals surface area contributed by atoms with Crippen molar-refractivity contribution in [2.75, 3.05) is 9.80 Å². The quantitative estimate of drug-likeness (QED) is 0.150. The van der Waals surface area contributed by atoms with Gasteiger partial charge in [-0.05, 0) is 235 Å². The summed E-state index contributed by atoms with van der Waals surface area (Å²) in [7, 11) is 0. The van der Waals surface area contributed by atoms with E-state index in [-0.39, 0.29) is 21.7 Å². The Kier molecular flexibility index (Phi) is 11.2. The van der Waals surface area contributed by atoms with Crippen LogP contribution < -0.4 is 9.80 Å². The fourth-order valence-corrected chi connectivity index (χ4v) is 19.8. The van der Waals surface area contributed by atoms with Crippen LogP contribution in [-0.2, 0) is 21.7 Å². The van der Waals surface area contributed by atoms with E-state index in [0.717, 1.165) is 0 Å². The topological polar surface area (TPSA) is 6.48 Å². The molecule has 0 unspecified atom stereocenters. The lowest BCUT2D eigenvalue weighted by atomic mass is 9.76. The zero-order valence-electron chi connectivity index (χ0n) is 50.3. The molecule has 19 rings (SSSR count). The standard InChI is InChI=1S/C86H72N2/c1-5-21-75-67(17-1)71-41-37-63(53-79(71)83(75)45-9-10-46-83)87(64-38-42-72-68-18-2-6-22-76(68)84(80(72)54-64)47-11-12-48-84)61-33-29-59(30-34-61)57-25-27-58(28-26-57)60-31-35-62(36-32-60)88(65-39-43-73-69-19-3-7-23-77(69)85(81(73)55-65)49-13-14-50-85)66-40-44-74-70-20-4-8-24-78(70)86(82(74)56-66)51-15-16-52-86/h1-8,17-44,53-56H,9-16,45-52H2. The molecule has 8 aliphatic carbocycles. The predicted octanol–water partition coefficient (Wildman–Crippen LogP) is 23.3. The number of hydrogen-bond acceptors (Lipinski definition) is 2. The Morgan fingerprint density at radius 1 is 0.182 bits per heavy atom. The van der Waals surface area contributed by atoms with Crippen molar-refractivity contribution in [1.29, 1.82) is 0 Å². The number of anilines is 6. The molecule has 4 saturated carbocycles. The van der Waals surface area contributed by atoms with E-state index in [1.165, 1.54) is 248 Å². The second-order valence-electron chi connectivity index (χ2n) is 27.6. The molecule has 8 aliphatic rings. The SMILES string of the molecule is c1ccc2c(c1)-c1ccc(N(c3ccc(-c4ccc(-c5ccc(N(c6ccc7c(c6)C6(CCCC6)c6ccccc6-7)c6ccc7c(c6)C6(CCCC6)c6ccccc6-7)cc5)cc4)cc3)c3ccc4c(c3)C3(CCCC3)c3ccccc3-4)cc1C21CCCC1. The molecule has 0 amide bonds. The fraction of sp³-hybridized carbons (Fsp3) is 0.233. The van der Waals surface area contributed by atoms with Crippen LogP contribution in [0.25, 0.3) is 66.8 Å². The minimum Gasteiger partial charge on any atom is -0.310 e. The monoisotopic (exact) mass is 1130 g/mol. The lowest BCUT2D eigenvalue weighted by molar-refractivity contribution is 0.549. The molecule has 2 nitrogen and oxygen atoms in total. The highest BCUT2D eigenvalue weighted by Gasteiger charge is 2.49. The first-order valence-corrected chi connectivity index (χ1v) is 33.4. The first kappa shape index (κ1) is 51.1. The molecular formula is C86H72N2. The summed E-state index contributed by atoms with van der Waals surface area (Å²) in [6, 6.07) is 95.0. The van der Waals surface area contributed by atoms with Crippen LogP contribution in [0.3, 0.4) is 0 Å². The number of benzene rings is 11. The molecule has 0 radical (unpaired) electrons. The zero-order chi connectivity index (χ0) is 57.8. The van der Waals surface area contributed by atoms with Gasteiger partial charge in [0.25, 0.3) is 0 Å². The fourth-order valence-electron chi connectivity index (χ4n) is 19.8. The van der Waals surface area contributed by atoms with Gasteiger partial charge in [-0.25, -0.2) is 0 Å². The second kappa shape index (κ2) is 19.3. The Hall–Kier alpha value is -8.98. The van der Waals surface area contributed by atoms with Gasteiger partial charge in [0, 0.05) is 55.8 Å². The van der Waals surface area contributed by atoms with Crippen molar-refractivity contribution in [3.8, 4) is 66.8 Å². The molecule has 0 bridgehead atoms. The molecule has 4 fully saturated rings. The van der Waals surface area contributed by atoms with Gasteiger partial charge in [0.1, 0.15) is 0 Å². The first-order chi connectivity index (χ1) is 43.5. The van der Waals surface area contributed by atoms with Gasteiger partial charge in [0.05, 0.1) is 0 Å². The number of nitrogens with zero attached hydrogens (tertiary/aromatic N) is 2. The first-order valence-electron chi connectivity index (χ1n) is 33.4. The van der Waals surface area contributed by atoms with Gasteiger partial charge >= 0.3 is 0 Å². The van der Waals surface area contributed by atoms with E-state index in [0.29, 0.717) is 0 Å². The number of rotatable bonds is 8. The molecule has 0 atom stereocenters. The predicted molar refractivity (Wildman–Crippen MR) is 365 cm³/mol. The Balaban J connectivity index is 0.666. The van der Waals surface area contributed by atoms with Gasteiger partial charge < -0.3 is 9.80 Å². The third-order valence-electron chi connectivity index (χ3n) is 23.7. The van der Waals surface area contributed by atoms with E-state index in [4.69, 9.17) is 0 Å². The van der Waals surface area contributed by atoms with Gasteiger partial charge in [-0.2, -0.15) is 0 Å². The highest BCUT2D eigenvalue weighted by molar-refractivity contribution is 5.92. The highest BCUT2D eigenvalue weighted by Crippen LogP contribution is 2.63. The molecule has 11 aromatic carbocycles. The molecule has 0 N–H and O–H groups in total. The summed E-state index contributed by atoms with van der Waals surface area (Å²) in [5.74, 6) is 0. The minimum atomic E-state index is 0.0871. The van der Waals surface area contributed by atoms with Crippen LogP contribution in [0.4, 0.5) is 34.1 Å². The van der Waals surface area contributed by atoms with Crippen molar-refractivity contribution in [2.24, 2.45) is 0 Å². The normalized spacial score (nSPS) is 18.1. The smallest absolute Gasteiger partial charge is 0.0465 e. The van der Waals surface area contributed by atoms with Crippen LogP contribution in [-0.4, -0.2) is 0 Å². The van der Waals surface area contributed by atoms with E-state index in [1.807, 2.05) is 0 Å². The van der Waals surface area contributed by atoms with E-state index < -0.39 is 0 Å². The van der Waals surface area contributed by atoms with Gasteiger partial charge in [0.2, 0.25) is 0 Å². The summed E-state index contributed by atoms with van der Waals surface area (Å²) in [5, 5.41) is 0. The van der Waals surface area contributed by atoms with Gasteiger partial charge in [-0.3, -0.25) is 0 Å². The molecule has 88 heavy (non-hydrogen) atoms. The maximum absolute atomic E-state index is 2.58. The Morgan fingerprint density at radius 2 is 0.375 bits per heavy atom. The average Bonchev–Trinajstić information content (AvgIpc) is 1.71. The molecule has 0 saturated heterocycles. The van der Waals surface area contributed by atoms with Gasteiger partial charge in [0.15, 0.2) is 0 Å². The lowest BCUT2D eigenvalue weighted by Gasteiger charge is -2.31. The molecule has 0 heterocycles. The summed E-state index contributed by atoms with van der Waals surface area (Å²) in [6.07, 6.45) is 20.0. The minimum absolute atomic E-state index is 0.0871. The van der Waals surface area contributed by atoms with Crippen molar-refractivity contribution < 1.29 is 0 Å².